The molecule has 0 saturated carbocycles. The van der Waals surface area contributed by atoms with Crippen molar-refractivity contribution in [3.05, 3.63) is 0 Å². The molecule has 1 atom stereocenters. The molecule has 0 aromatic rings. The number of likely N-dealkylation sites (tertiary alicyclic amines) is 1. The van der Waals surface area contributed by atoms with E-state index in [1.807, 2.05) is 0 Å². The van der Waals surface area contributed by atoms with Gasteiger partial charge in [-0.15, -0.1) is 0 Å². The van der Waals surface area contributed by atoms with Gasteiger partial charge in [0.15, 0.2) is 0 Å². The summed E-state index contributed by atoms with van der Waals surface area (Å²) >= 11 is 0. The molecule has 14 heavy (non-hydrogen) atoms. The number of esters is 1. The monoisotopic (exact) mass is 211 g/mol. The van der Waals surface area contributed by atoms with Gasteiger partial charge in [-0.2, -0.15) is 13.2 Å². The molecule has 1 aliphatic rings. The topological polar surface area (TPSA) is 29.5 Å². The average Bonchev–Trinajstić information content (AvgIpc) is 2.48. The Kier molecular flexibility index (Phi) is 3.36. The van der Waals surface area contributed by atoms with Crippen molar-refractivity contribution in [3.63, 3.8) is 0 Å². The van der Waals surface area contributed by atoms with E-state index < -0.39 is 24.7 Å². The molecule has 0 amide bonds. The lowest BCUT2D eigenvalue weighted by atomic mass is 10.2. The molecule has 1 aliphatic heterocycles. The Labute approximate surface area is 79.8 Å². The average molecular weight is 211 g/mol. The maximum atomic E-state index is 12.1. The predicted octanol–water partition coefficient (Wildman–Crippen LogP) is 1.19. The number of halogens is 3. The SMILES string of the molecule is COC(=O)C1CCCN1CC(F)(F)F. The third-order valence-corrected chi connectivity index (χ3v) is 2.22. The van der Waals surface area contributed by atoms with E-state index in [0.717, 1.165) is 4.90 Å². The molecule has 82 valence electrons. The minimum Gasteiger partial charge on any atom is -0.468 e. The van der Waals surface area contributed by atoms with E-state index in [2.05, 4.69) is 4.74 Å². The minimum atomic E-state index is -4.25. The number of rotatable bonds is 2. The van der Waals surface area contributed by atoms with Gasteiger partial charge in [0.2, 0.25) is 0 Å². The first-order valence-corrected chi connectivity index (χ1v) is 4.32. The second-order valence-electron chi connectivity index (χ2n) is 3.27. The summed E-state index contributed by atoms with van der Waals surface area (Å²) in [6.07, 6.45) is -3.20. The summed E-state index contributed by atoms with van der Waals surface area (Å²) in [5.41, 5.74) is 0. The number of methoxy groups -OCH3 is 1. The summed E-state index contributed by atoms with van der Waals surface area (Å²) in [5, 5.41) is 0. The van der Waals surface area contributed by atoms with Crippen molar-refractivity contribution in [1.29, 1.82) is 0 Å². The Hall–Kier alpha value is -0.780. The first kappa shape index (κ1) is 11.3. The third-order valence-electron chi connectivity index (χ3n) is 2.22. The van der Waals surface area contributed by atoms with E-state index in [1.165, 1.54) is 7.11 Å². The molecule has 0 aromatic carbocycles. The fourth-order valence-electron chi connectivity index (χ4n) is 1.65. The Morgan fingerprint density at radius 3 is 2.71 bits per heavy atom. The smallest absolute Gasteiger partial charge is 0.401 e. The van der Waals surface area contributed by atoms with Crippen LogP contribution in [0.2, 0.25) is 0 Å². The number of hydrogen-bond donors (Lipinski definition) is 0. The zero-order valence-corrected chi connectivity index (χ0v) is 7.80. The molecular weight excluding hydrogens is 199 g/mol. The predicted molar refractivity (Wildman–Crippen MR) is 42.7 cm³/mol. The molecule has 1 rings (SSSR count). The highest BCUT2D eigenvalue weighted by molar-refractivity contribution is 5.75. The molecule has 3 nitrogen and oxygen atoms in total. The molecule has 0 N–H and O–H groups in total. The van der Waals surface area contributed by atoms with E-state index in [9.17, 15) is 18.0 Å². The van der Waals surface area contributed by atoms with Crippen molar-refractivity contribution < 1.29 is 22.7 Å². The van der Waals surface area contributed by atoms with Crippen LogP contribution in [-0.2, 0) is 9.53 Å². The molecule has 0 aliphatic carbocycles. The molecule has 0 aromatic heterocycles. The largest absolute Gasteiger partial charge is 0.468 e. The molecule has 1 heterocycles. The van der Waals surface area contributed by atoms with Gasteiger partial charge < -0.3 is 4.74 Å². The zero-order valence-electron chi connectivity index (χ0n) is 7.80. The van der Waals surface area contributed by atoms with Crippen LogP contribution in [0.4, 0.5) is 13.2 Å². The summed E-state index contributed by atoms with van der Waals surface area (Å²) < 4.78 is 40.6. The molecular formula is C8H12F3NO2. The molecule has 1 saturated heterocycles. The van der Waals surface area contributed by atoms with Crippen LogP contribution in [0, 0.1) is 0 Å². The first-order chi connectivity index (χ1) is 6.44. The molecule has 0 spiro atoms. The Morgan fingerprint density at radius 2 is 2.21 bits per heavy atom. The summed E-state index contributed by atoms with van der Waals surface area (Å²) in [7, 11) is 1.19. The summed E-state index contributed by atoms with van der Waals surface area (Å²) in [6, 6.07) is -0.721. The van der Waals surface area contributed by atoms with E-state index in [-0.39, 0.29) is 0 Å². The maximum Gasteiger partial charge on any atom is 0.401 e. The minimum absolute atomic E-state index is 0.305. The highest BCUT2D eigenvalue weighted by atomic mass is 19.4. The van der Waals surface area contributed by atoms with E-state index in [4.69, 9.17) is 0 Å². The van der Waals surface area contributed by atoms with Gasteiger partial charge in [-0.25, -0.2) is 0 Å². The Bertz CT molecular complexity index is 217. The van der Waals surface area contributed by atoms with Gasteiger partial charge in [-0.3, -0.25) is 9.69 Å². The van der Waals surface area contributed by atoms with Crippen LogP contribution >= 0.6 is 0 Å². The van der Waals surface area contributed by atoms with Crippen LogP contribution in [0.15, 0.2) is 0 Å². The van der Waals surface area contributed by atoms with Crippen molar-refractivity contribution >= 4 is 5.97 Å². The van der Waals surface area contributed by atoms with Crippen LogP contribution < -0.4 is 0 Å². The van der Waals surface area contributed by atoms with Gasteiger partial charge in [0.25, 0.3) is 0 Å². The van der Waals surface area contributed by atoms with Crippen LogP contribution in [0.3, 0.4) is 0 Å². The first-order valence-electron chi connectivity index (χ1n) is 4.32. The normalized spacial score (nSPS) is 23.9. The van der Waals surface area contributed by atoms with Gasteiger partial charge in [-0.05, 0) is 19.4 Å². The Morgan fingerprint density at radius 1 is 1.57 bits per heavy atom. The number of carbonyl (C=O) groups is 1. The van der Waals surface area contributed by atoms with Crippen LogP contribution in [-0.4, -0.2) is 43.3 Å². The van der Waals surface area contributed by atoms with Crippen LogP contribution in [0.25, 0.3) is 0 Å². The van der Waals surface area contributed by atoms with Crippen molar-refractivity contribution in [3.8, 4) is 0 Å². The quantitative estimate of drug-likeness (QED) is 0.642. The van der Waals surface area contributed by atoms with Crippen LogP contribution in [0.1, 0.15) is 12.8 Å². The fourth-order valence-corrected chi connectivity index (χ4v) is 1.65. The summed E-state index contributed by atoms with van der Waals surface area (Å²) in [4.78, 5) is 12.2. The number of alkyl halides is 3. The van der Waals surface area contributed by atoms with Crippen molar-refractivity contribution in [1.82, 2.24) is 4.90 Å². The molecule has 6 heteroatoms. The van der Waals surface area contributed by atoms with E-state index in [1.54, 1.807) is 0 Å². The standard InChI is InChI=1S/C8H12F3NO2/c1-14-7(13)6-3-2-4-12(6)5-8(9,10)11/h6H,2-5H2,1H3. The van der Waals surface area contributed by atoms with Crippen LogP contribution in [0.5, 0.6) is 0 Å². The fraction of sp³-hybridized carbons (Fsp3) is 0.875. The molecule has 0 bridgehead atoms. The number of nitrogens with zero attached hydrogens (tertiary/aromatic N) is 1. The van der Waals surface area contributed by atoms with Gasteiger partial charge in [-0.1, -0.05) is 0 Å². The second kappa shape index (κ2) is 4.16. The maximum absolute atomic E-state index is 12.1. The molecule has 0 radical (unpaired) electrons. The van der Waals surface area contributed by atoms with Crippen molar-refractivity contribution in [2.75, 3.05) is 20.2 Å². The Balaban J connectivity index is 2.56. The molecule has 1 unspecified atom stereocenters. The van der Waals surface area contributed by atoms with Gasteiger partial charge in [0.1, 0.15) is 6.04 Å². The highest BCUT2D eigenvalue weighted by Crippen LogP contribution is 2.24. The van der Waals surface area contributed by atoms with Gasteiger partial charge in [0, 0.05) is 0 Å². The third kappa shape index (κ3) is 2.87. The number of hydrogen-bond acceptors (Lipinski definition) is 3. The highest BCUT2D eigenvalue weighted by Gasteiger charge is 2.39. The van der Waals surface area contributed by atoms with Gasteiger partial charge >= 0.3 is 12.1 Å². The number of ether oxygens (including phenoxy) is 1. The zero-order chi connectivity index (χ0) is 10.8. The lowest BCUT2D eigenvalue weighted by molar-refractivity contribution is -0.159. The lowest BCUT2D eigenvalue weighted by Crippen LogP contribution is -2.42. The van der Waals surface area contributed by atoms with E-state index in [0.29, 0.717) is 19.4 Å². The summed E-state index contributed by atoms with van der Waals surface area (Å²) in [6.45, 7) is -0.730. The molecule has 1 fully saturated rings. The van der Waals surface area contributed by atoms with Crippen molar-refractivity contribution in [2.24, 2.45) is 0 Å². The lowest BCUT2D eigenvalue weighted by Gasteiger charge is -2.23. The number of carbonyl (C=O) groups excluding carboxylic acids is 1. The second-order valence-corrected chi connectivity index (χ2v) is 3.27. The van der Waals surface area contributed by atoms with E-state index >= 15 is 0 Å². The van der Waals surface area contributed by atoms with Crippen molar-refractivity contribution in [2.45, 2.75) is 25.1 Å². The summed E-state index contributed by atoms with van der Waals surface area (Å²) in [5.74, 6) is -0.577. The van der Waals surface area contributed by atoms with Gasteiger partial charge in [0.05, 0.1) is 13.7 Å².